The molecule has 0 N–H and O–H groups in total. The fraction of sp³-hybridized carbons (Fsp3) is 0.448. The quantitative estimate of drug-likeness (QED) is 0.466. The summed E-state index contributed by atoms with van der Waals surface area (Å²) in [6.07, 6.45) is 1.87. The molecule has 0 radical (unpaired) electrons. The van der Waals surface area contributed by atoms with E-state index in [0.717, 1.165) is 51.4 Å². The van der Waals surface area contributed by atoms with Gasteiger partial charge in [0, 0.05) is 37.3 Å². The zero-order valence-electron chi connectivity index (χ0n) is 22.5. The maximum atomic E-state index is 13.9. The van der Waals surface area contributed by atoms with Crippen LogP contribution in [-0.4, -0.2) is 92.6 Å². The molecule has 210 valence electrons. The highest BCUT2D eigenvalue weighted by Gasteiger charge is 2.49. The first-order valence-corrected chi connectivity index (χ1v) is 15.4. The van der Waals surface area contributed by atoms with Crippen molar-refractivity contribution in [3.63, 3.8) is 0 Å². The first-order chi connectivity index (χ1) is 19.4. The fourth-order valence-corrected chi connectivity index (χ4v) is 7.55. The van der Waals surface area contributed by atoms with Gasteiger partial charge >= 0.3 is 0 Å². The summed E-state index contributed by atoms with van der Waals surface area (Å²) < 4.78 is 45.4. The fourth-order valence-electron chi connectivity index (χ4n) is 5.94. The van der Waals surface area contributed by atoms with Crippen LogP contribution >= 0.6 is 0 Å². The van der Waals surface area contributed by atoms with Crippen LogP contribution in [0.4, 0.5) is 0 Å². The Hall–Kier alpha value is -3.25. The lowest BCUT2D eigenvalue weighted by Crippen LogP contribution is -2.47. The first kappa shape index (κ1) is 25.7. The van der Waals surface area contributed by atoms with Crippen molar-refractivity contribution < 1.29 is 27.4 Å². The van der Waals surface area contributed by atoms with Gasteiger partial charge in [-0.3, -0.25) is 9.69 Å². The molecular weight excluding hydrogens is 532 g/mol. The van der Waals surface area contributed by atoms with Gasteiger partial charge in [0.1, 0.15) is 5.75 Å². The topological polar surface area (TPSA) is 103 Å². The zero-order chi connectivity index (χ0) is 27.5. The van der Waals surface area contributed by atoms with E-state index >= 15 is 0 Å². The number of rotatable bonds is 5. The molecule has 3 aliphatic heterocycles. The number of hydrogen-bond acceptors (Lipinski definition) is 8. The highest BCUT2D eigenvalue weighted by molar-refractivity contribution is 7.91. The Bertz CT molecular complexity index is 1570. The molecule has 1 aromatic heterocycles. The third kappa shape index (κ3) is 4.50. The molecule has 2 aromatic carbocycles. The Morgan fingerprint density at radius 1 is 1.05 bits per heavy atom. The molecule has 3 fully saturated rings. The smallest absolute Gasteiger partial charge is 0.274 e. The molecule has 1 amide bonds. The first-order valence-electron chi connectivity index (χ1n) is 13.7. The molecule has 7 rings (SSSR count). The van der Waals surface area contributed by atoms with Crippen LogP contribution in [0, 0.1) is 0 Å². The molecule has 3 aromatic rings. The van der Waals surface area contributed by atoms with Crippen LogP contribution in [0.15, 0.2) is 47.4 Å². The molecule has 0 atom stereocenters. The third-order valence-corrected chi connectivity index (χ3v) is 10.0. The average molecular weight is 565 g/mol. The number of carbonyl (C=O) groups excluding carboxylic acids is 1. The highest BCUT2D eigenvalue weighted by atomic mass is 32.2. The molecule has 11 heteroatoms. The van der Waals surface area contributed by atoms with Gasteiger partial charge in [-0.2, -0.15) is 5.10 Å². The maximum Gasteiger partial charge on any atom is 0.274 e. The molecule has 4 aliphatic rings. The second kappa shape index (κ2) is 9.69. The van der Waals surface area contributed by atoms with Crippen LogP contribution in [0.2, 0.25) is 0 Å². The van der Waals surface area contributed by atoms with Crippen molar-refractivity contribution in [2.75, 3.05) is 53.1 Å². The van der Waals surface area contributed by atoms with E-state index in [9.17, 15) is 13.2 Å². The van der Waals surface area contributed by atoms with E-state index in [1.165, 1.54) is 12.7 Å². The van der Waals surface area contributed by atoms with Gasteiger partial charge in [0.25, 0.3) is 5.91 Å². The van der Waals surface area contributed by atoms with E-state index in [0.29, 0.717) is 42.3 Å². The largest absolute Gasteiger partial charge is 0.497 e. The number of nitrogens with zero attached hydrogens (tertiary/aromatic N) is 4. The van der Waals surface area contributed by atoms with Crippen LogP contribution in [-0.2, 0) is 31.6 Å². The minimum absolute atomic E-state index is 0.187. The van der Waals surface area contributed by atoms with Crippen molar-refractivity contribution in [3.05, 3.63) is 59.3 Å². The monoisotopic (exact) mass is 564 g/mol. The summed E-state index contributed by atoms with van der Waals surface area (Å²) in [6.45, 7) is 5.54. The average Bonchev–Trinajstić information content (AvgIpc) is 3.61. The van der Waals surface area contributed by atoms with E-state index in [1.54, 1.807) is 27.8 Å². The number of ether oxygens (including phenoxy) is 3. The van der Waals surface area contributed by atoms with Gasteiger partial charge in [-0.1, -0.05) is 12.1 Å². The molecule has 0 unspecified atom stereocenters. The second-order valence-electron chi connectivity index (χ2n) is 11.0. The molecule has 4 heterocycles. The lowest BCUT2D eigenvalue weighted by atomic mass is 10.0. The molecule has 1 saturated carbocycles. The predicted octanol–water partition coefficient (Wildman–Crippen LogP) is 2.67. The standard InChI is InChI=1S/C29H32N4O6S/c1-37-22-6-7-23-25(16-22)40(35,36)18-24-26(28(34)32-12-15-39-29(19-32)8-9-29)30-33(27(23)24)21-4-2-20(3-5-21)17-31-10-13-38-14-11-31/h2-7,16H,8-15,17-19H2,1H3. The van der Waals surface area contributed by atoms with Gasteiger partial charge in [-0.25, -0.2) is 13.1 Å². The number of methoxy groups -OCH3 is 1. The molecule has 40 heavy (non-hydrogen) atoms. The van der Waals surface area contributed by atoms with Crippen LogP contribution in [0.1, 0.15) is 34.5 Å². The SMILES string of the molecule is COc1ccc2c(c1)S(=O)(=O)Cc1c(C(=O)N3CCOC4(CC4)C3)nn(-c3ccc(CN4CCOCC4)cc3)c1-2. The normalized spacial score (nSPS) is 21.1. The summed E-state index contributed by atoms with van der Waals surface area (Å²) >= 11 is 0. The van der Waals surface area contributed by atoms with E-state index in [1.807, 2.05) is 12.1 Å². The van der Waals surface area contributed by atoms with Crippen molar-refractivity contribution in [2.45, 2.75) is 35.6 Å². The summed E-state index contributed by atoms with van der Waals surface area (Å²) in [6, 6.07) is 13.1. The number of benzene rings is 2. The number of amides is 1. The molecule has 10 nitrogen and oxygen atoms in total. The number of morpholine rings is 2. The molecule has 1 spiro atoms. The third-order valence-electron chi connectivity index (χ3n) is 8.33. The zero-order valence-corrected chi connectivity index (χ0v) is 23.3. The van der Waals surface area contributed by atoms with Crippen molar-refractivity contribution in [3.8, 4) is 22.7 Å². The van der Waals surface area contributed by atoms with Crippen LogP contribution in [0.5, 0.6) is 5.75 Å². The summed E-state index contributed by atoms with van der Waals surface area (Å²) in [4.78, 5) is 18.2. The molecule has 2 saturated heterocycles. The summed E-state index contributed by atoms with van der Waals surface area (Å²) in [5.74, 6) is -0.0851. The Labute approximate surface area is 233 Å². The van der Waals surface area contributed by atoms with E-state index in [4.69, 9.17) is 19.3 Å². The number of sulfone groups is 1. The number of fused-ring (bicyclic) bond motifs is 3. The van der Waals surface area contributed by atoms with Gasteiger partial charge in [0.2, 0.25) is 0 Å². The van der Waals surface area contributed by atoms with Crippen molar-refractivity contribution in [1.29, 1.82) is 0 Å². The molecular formula is C29H32N4O6S. The van der Waals surface area contributed by atoms with Gasteiger partial charge in [-0.15, -0.1) is 0 Å². The Balaban J connectivity index is 1.31. The van der Waals surface area contributed by atoms with E-state index < -0.39 is 9.84 Å². The van der Waals surface area contributed by atoms with Gasteiger partial charge in [0.05, 0.1) is 61.1 Å². The Kier molecular flexibility index (Phi) is 6.23. The van der Waals surface area contributed by atoms with Crippen LogP contribution in [0.3, 0.4) is 0 Å². The second-order valence-corrected chi connectivity index (χ2v) is 13.0. The Morgan fingerprint density at radius 2 is 1.82 bits per heavy atom. The van der Waals surface area contributed by atoms with Crippen LogP contribution < -0.4 is 4.74 Å². The van der Waals surface area contributed by atoms with Crippen molar-refractivity contribution in [1.82, 2.24) is 19.6 Å². The lowest BCUT2D eigenvalue weighted by Gasteiger charge is -2.33. The summed E-state index contributed by atoms with van der Waals surface area (Å²) in [7, 11) is -2.21. The van der Waals surface area contributed by atoms with Crippen molar-refractivity contribution in [2.24, 2.45) is 0 Å². The number of aromatic nitrogens is 2. The minimum Gasteiger partial charge on any atom is -0.497 e. The molecule has 1 aliphatic carbocycles. The molecule has 0 bridgehead atoms. The van der Waals surface area contributed by atoms with Gasteiger partial charge in [-0.05, 0) is 48.7 Å². The minimum atomic E-state index is -3.72. The van der Waals surface area contributed by atoms with Gasteiger partial charge in [0.15, 0.2) is 15.5 Å². The Morgan fingerprint density at radius 3 is 2.55 bits per heavy atom. The highest BCUT2D eigenvalue weighted by Crippen LogP contribution is 2.44. The summed E-state index contributed by atoms with van der Waals surface area (Å²) in [5.41, 5.74) is 3.47. The van der Waals surface area contributed by atoms with Gasteiger partial charge < -0.3 is 19.1 Å². The predicted molar refractivity (Wildman–Crippen MR) is 146 cm³/mol. The van der Waals surface area contributed by atoms with E-state index in [-0.39, 0.29) is 27.9 Å². The maximum absolute atomic E-state index is 13.9. The summed E-state index contributed by atoms with van der Waals surface area (Å²) in [5, 5.41) is 4.82. The number of hydrogen-bond donors (Lipinski definition) is 0. The van der Waals surface area contributed by atoms with Crippen molar-refractivity contribution >= 4 is 15.7 Å². The van der Waals surface area contributed by atoms with E-state index in [2.05, 4.69) is 17.0 Å². The van der Waals surface area contributed by atoms with Crippen LogP contribution in [0.25, 0.3) is 16.9 Å². The lowest BCUT2D eigenvalue weighted by molar-refractivity contribution is -0.0377. The number of carbonyl (C=O) groups is 1.